The number of nitrogens with zero attached hydrogens (tertiary/aromatic N) is 1. The first kappa shape index (κ1) is 23.2. The molecule has 2 aromatic rings. The average molecular weight is 501 g/mol. The molecule has 1 atom stereocenters. The molecule has 0 aromatic heterocycles. The van der Waals surface area contributed by atoms with E-state index in [-0.39, 0.29) is 10.9 Å². The fourth-order valence-electron chi connectivity index (χ4n) is 2.44. The molecule has 154 valence electrons. The standard InChI is InChI=1S/C20H20BrCl2N3O3/c1-11(2)18(25-19(27)12-4-6-15(22)16(23)9-12)20(28)26-24-10-13-8-14(21)5-7-17(13)29-3/h4-11,18H,1-3H3,(H,25,27)(H,26,28)/b24-10+. The summed E-state index contributed by atoms with van der Waals surface area (Å²) in [4.78, 5) is 25.0. The quantitative estimate of drug-likeness (QED) is 0.428. The van der Waals surface area contributed by atoms with Gasteiger partial charge in [-0.25, -0.2) is 5.43 Å². The molecule has 0 bridgehead atoms. The van der Waals surface area contributed by atoms with Crippen molar-refractivity contribution in [1.82, 2.24) is 10.7 Å². The lowest BCUT2D eigenvalue weighted by atomic mass is 10.0. The van der Waals surface area contributed by atoms with Crippen LogP contribution < -0.4 is 15.5 Å². The van der Waals surface area contributed by atoms with E-state index in [1.54, 1.807) is 19.2 Å². The predicted octanol–water partition coefficient (Wildman–Crippen LogP) is 4.67. The van der Waals surface area contributed by atoms with Crippen molar-refractivity contribution in [1.29, 1.82) is 0 Å². The van der Waals surface area contributed by atoms with Gasteiger partial charge in [-0.2, -0.15) is 5.10 Å². The summed E-state index contributed by atoms with van der Waals surface area (Å²) in [6, 6.07) is 9.14. The van der Waals surface area contributed by atoms with Crippen LogP contribution in [0.1, 0.15) is 29.8 Å². The molecule has 2 N–H and O–H groups in total. The van der Waals surface area contributed by atoms with Crippen LogP contribution in [0, 0.1) is 5.92 Å². The molecule has 0 saturated carbocycles. The minimum Gasteiger partial charge on any atom is -0.496 e. The van der Waals surface area contributed by atoms with Gasteiger partial charge < -0.3 is 10.1 Å². The van der Waals surface area contributed by atoms with Crippen LogP contribution in [0.4, 0.5) is 0 Å². The second-order valence-corrected chi connectivity index (χ2v) is 8.17. The minimum atomic E-state index is -0.793. The normalized spacial score (nSPS) is 12.1. The second kappa shape index (κ2) is 10.6. The summed E-state index contributed by atoms with van der Waals surface area (Å²) in [5.74, 6) is -0.439. The van der Waals surface area contributed by atoms with Gasteiger partial charge in [-0.1, -0.05) is 53.0 Å². The summed E-state index contributed by atoms with van der Waals surface area (Å²) in [5, 5.41) is 7.29. The molecule has 1 unspecified atom stereocenters. The summed E-state index contributed by atoms with van der Waals surface area (Å²) in [7, 11) is 1.55. The maximum atomic E-state index is 12.6. The van der Waals surface area contributed by atoms with E-state index >= 15 is 0 Å². The molecule has 0 aliphatic heterocycles. The first-order chi connectivity index (χ1) is 13.7. The SMILES string of the molecule is COc1ccc(Br)cc1/C=N/NC(=O)C(NC(=O)c1ccc(Cl)c(Cl)c1)C(C)C. The summed E-state index contributed by atoms with van der Waals surface area (Å²) < 4.78 is 6.11. The molecule has 0 radical (unpaired) electrons. The van der Waals surface area contributed by atoms with Gasteiger partial charge in [0, 0.05) is 15.6 Å². The molecule has 0 aliphatic carbocycles. The highest BCUT2D eigenvalue weighted by Crippen LogP contribution is 2.23. The Kier molecular flexibility index (Phi) is 8.49. The number of carbonyl (C=O) groups is 2. The third-order valence-corrected chi connectivity index (χ3v) is 5.22. The maximum Gasteiger partial charge on any atom is 0.262 e. The Balaban J connectivity index is 2.08. The highest BCUT2D eigenvalue weighted by molar-refractivity contribution is 9.10. The smallest absolute Gasteiger partial charge is 0.262 e. The Morgan fingerprint density at radius 3 is 2.48 bits per heavy atom. The Bertz CT molecular complexity index is 935. The largest absolute Gasteiger partial charge is 0.496 e. The zero-order valence-corrected chi connectivity index (χ0v) is 19.1. The molecule has 2 rings (SSSR count). The van der Waals surface area contributed by atoms with Gasteiger partial charge in [-0.15, -0.1) is 0 Å². The highest BCUT2D eigenvalue weighted by atomic mass is 79.9. The lowest BCUT2D eigenvalue weighted by Crippen LogP contribution is -2.48. The van der Waals surface area contributed by atoms with Gasteiger partial charge in [0.25, 0.3) is 11.8 Å². The van der Waals surface area contributed by atoms with Gasteiger partial charge in [0.05, 0.1) is 23.4 Å². The van der Waals surface area contributed by atoms with Crippen LogP contribution in [0.2, 0.25) is 10.0 Å². The van der Waals surface area contributed by atoms with E-state index in [0.29, 0.717) is 21.9 Å². The number of hydrazone groups is 1. The molecule has 0 aliphatic rings. The molecule has 2 aromatic carbocycles. The van der Waals surface area contributed by atoms with E-state index in [4.69, 9.17) is 27.9 Å². The molecular formula is C20H20BrCl2N3O3. The fraction of sp³-hybridized carbons (Fsp3) is 0.250. The number of methoxy groups -OCH3 is 1. The summed E-state index contributed by atoms with van der Waals surface area (Å²) in [5.41, 5.74) is 3.45. The molecule has 0 fully saturated rings. The maximum absolute atomic E-state index is 12.6. The molecule has 0 heterocycles. The Hall–Kier alpha value is -2.09. The highest BCUT2D eigenvalue weighted by Gasteiger charge is 2.24. The Labute approximate surface area is 187 Å². The zero-order chi connectivity index (χ0) is 21.6. The summed E-state index contributed by atoms with van der Waals surface area (Å²) >= 11 is 15.2. The van der Waals surface area contributed by atoms with Crippen molar-refractivity contribution in [2.24, 2.45) is 11.0 Å². The van der Waals surface area contributed by atoms with Crippen molar-refractivity contribution in [3.63, 3.8) is 0 Å². The van der Waals surface area contributed by atoms with Crippen molar-refractivity contribution in [3.05, 3.63) is 62.0 Å². The van der Waals surface area contributed by atoms with Crippen LogP contribution in [0.5, 0.6) is 5.75 Å². The number of nitrogens with one attached hydrogen (secondary N) is 2. The van der Waals surface area contributed by atoms with Crippen molar-refractivity contribution >= 4 is 57.2 Å². The van der Waals surface area contributed by atoms with E-state index in [1.165, 1.54) is 24.4 Å². The van der Waals surface area contributed by atoms with Crippen LogP contribution in [0.3, 0.4) is 0 Å². The van der Waals surface area contributed by atoms with Crippen LogP contribution in [-0.2, 0) is 4.79 Å². The van der Waals surface area contributed by atoms with E-state index in [9.17, 15) is 9.59 Å². The van der Waals surface area contributed by atoms with Gasteiger partial charge in [0.15, 0.2) is 0 Å². The van der Waals surface area contributed by atoms with Gasteiger partial charge in [-0.3, -0.25) is 9.59 Å². The number of rotatable bonds is 7. The van der Waals surface area contributed by atoms with Crippen molar-refractivity contribution in [2.75, 3.05) is 7.11 Å². The van der Waals surface area contributed by atoms with Gasteiger partial charge >= 0.3 is 0 Å². The predicted molar refractivity (Wildman–Crippen MR) is 119 cm³/mol. The first-order valence-corrected chi connectivity index (χ1v) is 10.2. The van der Waals surface area contributed by atoms with Crippen LogP contribution >= 0.6 is 39.1 Å². The van der Waals surface area contributed by atoms with Crippen LogP contribution in [-0.4, -0.2) is 31.2 Å². The number of amides is 2. The lowest BCUT2D eigenvalue weighted by Gasteiger charge is -2.20. The van der Waals surface area contributed by atoms with E-state index in [2.05, 4.69) is 31.8 Å². The monoisotopic (exact) mass is 499 g/mol. The molecule has 0 spiro atoms. The summed E-state index contributed by atoms with van der Waals surface area (Å²) in [6.07, 6.45) is 1.47. The summed E-state index contributed by atoms with van der Waals surface area (Å²) in [6.45, 7) is 3.64. The number of carbonyl (C=O) groups excluding carboxylic acids is 2. The van der Waals surface area contributed by atoms with E-state index in [0.717, 1.165) is 4.47 Å². The minimum absolute atomic E-state index is 0.169. The average Bonchev–Trinajstić information content (AvgIpc) is 2.67. The molecule has 2 amide bonds. The van der Waals surface area contributed by atoms with Gasteiger partial charge in [0.1, 0.15) is 11.8 Å². The number of benzene rings is 2. The zero-order valence-electron chi connectivity index (χ0n) is 16.0. The van der Waals surface area contributed by atoms with Gasteiger partial charge in [0.2, 0.25) is 0 Å². The molecule has 0 saturated heterocycles. The Morgan fingerprint density at radius 1 is 1.14 bits per heavy atom. The van der Waals surface area contributed by atoms with Crippen LogP contribution in [0.25, 0.3) is 0 Å². The molecule has 6 nitrogen and oxygen atoms in total. The fourth-order valence-corrected chi connectivity index (χ4v) is 3.11. The van der Waals surface area contributed by atoms with Crippen molar-refractivity contribution in [2.45, 2.75) is 19.9 Å². The van der Waals surface area contributed by atoms with E-state index < -0.39 is 17.9 Å². The van der Waals surface area contributed by atoms with E-state index in [1.807, 2.05) is 19.9 Å². The molecule has 29 heavy (non-hydrogen) atoms. The Morgan fingerprint density at radius 2 is 1.86 bits per heavy atom. The number of ether oxygens (including phenoxy) is 1. The van der Waals surface area contributed by atoms with Gasteiger partial charge in [-0.05, 0) is 42.3 Å². The van der Waals surface area contributed by atoms with Crippen molar-refractivity contribution in [3.8, 4) is 5.75 Å². The molecule has 9 heteroatoms. The third kappa shape index (κ3) is 6.45. The van der Waals surface area contributed by atoms with Crippen LogP contribution in [0.15, 0.2) is 46.0 Å². The first-order valence-electron chi connectivity index (χ1n) is 8.65. The number of hydrogen-bond donors (Lipinski definition) is 2. The number of halogens is 3. The number of hydrogen-bond acceptors (Lipinski definition) is 4. The second-order valence-electron chi connectivity index (χ2n) is 6.44. The molecular weight excluding hydrogens is 481 g/mol. The third-order valence-electron chi connectivity index (χ3n) is 3.99. The lowest BCUT2D eigenvalue weighted by molar-refractivity contribution is -0.123. The van der Waals surface area contributed by atoms with Crippen molar-refractivity contribution < 1.29 is 14.3 Å². The topological polar surface area (TPSA) is 79.8 Å².